The highest BCUT2D eigenvalue weighted by atomic mass is 16.6. The summed E-state index contributed by atoms with van der Waals surface area (Å²) in [5.41, 5.74) is 5.56. The second-order valence-corrected chi connectivity index (χ2v) is 4.94. The van der Waals surface area contributed by atoms with Crippen LogP contribution in [0.5, 0.6) is 5.75 Å². The van der Waals surface area contributed by atoms with Gasteiger partial charge in [0, 0.05) is 0 Å². The number of hydrogen-bond acceptors (Lipinski definition) is 5. The van der Waals surface area contributed by atoms with Crippen LogP contribution in [0.1, 0.15) is 31.1 Å². The van der Waals surface area contributed by atoms with Gasteiger partial charge in [0.2, 0.25) is 0 Å². The number of esters is 1. The molecule has 6 heteroatoms. The summed E-state index contributed by atoms with van der Waals surface area (Å²) in [7, 11) is 0. The summed E-state index contributed by atoms with van der Waals surface area (Å²) in [5, 5.41) is 8.50. The minimum atomic E-state index is -1.10. The number of carboxylic acid groups (broad SMARTS) is 1. The average molecular weight is 267 g/mol. The van der Waals surface area contributed by atoms with Gasteiger partial charge in [-0.1, -0.05) is 0 Å². The summed E-state index contributed by atoms with van der Waals surface area (Å²) in [6.45, 7) is 4.80. The average Bonchev–Trinajstić information content (AvgIpc) is 2.24. The Morgan fingerprint density at radius 1 is 1.32 bits per heavy atom. The number of nitrogens with two attached hydrogens (primary N) is 1. The van der Waals surface area contributed by atoms with E-state index in [9.17, 15) is 9.59 Å². The second kappa shape index (κ2) is 5.60. The van der Waals surface area contributed by atoms with Crippen molar-refractivity contribution < 1.29 is 24.2 Å². The molecule has 0 atom stereocenters. The first-order chi connectivity index (χ1) is 8.69. The molecular weight excluding hydrogens is 250 g/mol. The number of anilines is 1. The van der Waals surface area contributed by atoms with E-state index >= 15 is 0 Å². The molecule has 1 aromatic rings. The Balaban J connectivity index is 2.81. The summed E-state index contributed by atoms with van der Waals surface area (Å²) in [6.07, 6.45) is 0. The first-order valence-electron chi connectivity index (χ1n) is 5.66. The molecule has 0 bridgehead atoms. The number of hydrogen-bond donors (Lipinski definition) is 2. The Labute approximate surface area is 111 Å². The van der Waals surface area contributed by atoms with Gasteiger partial charge < -0.3 is 20.3 Å². The molecule has 6 nitrogen and oxygen atoms in total. The van der Waals surface area contributed by atoms with Crippen molar-refractivity contribution in [2.24, 2.45) is 0 Å². The predicted molar refractivity (Wildman–Crippen MR) is 69.2 cm³/mol. The monoisotopic (exact) mass is 267 g/mol. The molecule has 0 radical (unpaired) electrons. The van der Waals surface area contributed by atoms with Crippen molar-refractivity contribution in [2.75, 3.05) is 12.3 Å². The molecule has 0 aliphatic heterocycles. The number of carbonyl (C=O) groups excluding carboxylic acids is 1. The number of carbonyl (C=O) groups is 2. The molecule has 3 N–H and O–H groups in total. The smallest absolute Gasteiger partial charge is 0.341 e. The molecule has 0 amide bonds. The van der Waals surface area contributed by atoms with Gasteiger partial charge >= 0.3 is 11.9 Å². The van der Waals surface area contributed by atoms with Gasteiger partial charge in [0.25, 0.3) is 0 Å². The van der Waals surface area contributed by atoms with E-state index in [1.165, 1.54) is 18.2 Å². The second-order valence-electron chi connectivity index (χ2n) is 4.94. The maximum Gasteiger partial charge on any atom is 0.341 e. The molecular formula is C13H17NO5. The quantitative estimate of drug-likeness (QED) is 0.636. The van der Waals surface area contributed by atoms with Gasteiger partial charge in [0.1, 0.15) is 11.4 Å². The number of nitrogen functional groups attached to an aromatic ring is 1. The van der Waals surface area contributed by atoms with E-state index in [0.717, 1.165) is 0 Å². The minimum absolute atomic E-state index is 0.185. The molecule has 0 aliphatic rings. The Kier molecular flexibility index (Phi) is 4.37. The van der Waals surface area contributed by atoms with E-state index in [2.05, 4.69) is 0 Å². The summed E-state index contributed by atoms with van der Waals surface area (Å²) in [4.78, 5) is 22.2. The zero-order valence-corrected chi connectivity index (χ0v) is 11.1. The lowest BCUT2D eigenvalue weighted by molar-refractivity contribution is -0.139. The third kappa shape index (κ3) is 4.87. The van der Waals surface area contributed by atoms with Crippen molar-refractivity contribution in [3.63, 3.8) is 0 Å². The van der Waals surface area contributed by atoms with Crippen LogP contribution in [0.25, 0.3) is 0 Å². The molecule has 0 aliphatic carbocycles. The lowest BCUT2D eigenvalue weighted by Crippen LogP contribution is -2.24. The standard InChI is InChI=1S/C13H17NO5/c1-13(2,3)19-12(17)8-4-5-10(9(14)6-8)18-7-11(15)16/h4-6H,7,14H2,1-3H3,(H,15,16). The third-order valence-electron chi connectivity index (χ3n) is 2.00. The van der Waals surface area contributed by atoms with Gasteiger partial charge in [0.15, 0.2) is 6.61 Å². The van der Waals surface area contributed by atoms with E-state index < -0.39 is 24.1 Å². The van der Waals surface area contributed by atoms with Crippen LogP contribution < -0.4 is 10.5 Å². The third-order valence-corrected chi connectivity index (χ3v) is 2.00. The fourth-order valence-corrected chi connectivity index (χ4v) is 1.28. The van der Waals surface area contributed by atoms with Crippen LogP contribution in [-0.2, 0) is 9.53 Å². The molecule has 1 aromatic carbocycles. The van der Waals surface area contributed by atoms with Gasteiger partial charge in [-0.15, -0.1) is 0 Å². The molecule has 0 fully saturated rings. The maximum absolute atomic E-state index is 11.8. The number of rotatable bonds is 4. The molecule has 0 spiro atoms. The van der Waals surface area contributed by atoms with Crippen LogP contribution in [0.3, 0.4) is 0 Å². The molecule has 1 rings (SSSR count). The van der Waals surface area contributed by atoms with Crippen LogP contribution in [0.2, 0.25) is 0 Å². The van der Waals surface area contributed by atoms with E-state index in [-0.39, 0.29) is 17.0 Å². The highest BCUT2D eigenvalue weighted by Crippen LogP contribution is 2.23. The lowest BCUT2D eigenvalue weighted by Gasteiger charge is -2.19. The van der Waals surface area contributed by atoms with Gasteiger partial charge in [-0.2, -0.15) is 0 Å². The number of ether oxygens (including phenoxy) is 2. The van der Waals surface area contributed by atoms with E-state index in [1.807, 2.05) is 0 Å². The molecule has 19 heavy (non-hydrogen) atoms. The predicted octanol–water partition coefficient (Wildman–Crippen LogP) is 1.69. The summed E-state index contributed by atoms with van der Waals surface area (Å²) < 4.78 is 10.1. The van der Waals surface area contributed by atoms with Crippen molar-refractivity contribution in [1.82, 2.24) is 0 Å². The highest BCUT2D eigenvalue weighted by Gasteiger charge is 2.18. The van der Waals surface area contributed by atoms with Crippen molar-refractivity contribution in [3.05, 3.63) is 23.8 Å². The molecule has 0 aromatic heterocycles. The zero-order chi connectivity index (χ0) is 14.6. The van der Waals surface area contributed by atoms with Gasteiger partial charge in [-0.3, -0.25) is 0 Å². The first kappa shape index (κ1) is 14.8. The van der Waals surface area contributed by atoms with Crippen LogP contribution >= 0.6 is 0 Å². The molecule has 0 saturated carbocycles. The van der Waals surface area contributed by atoms with Crippen LogP contribution in [0.15, 0.2) is 18.2 Å². The Morgan fingerprint density at radius 2 is 1.95 bits per heavy atom. The number of aliphatic carboxylic acids is 1. The van der Waals surface area contributed by atoms with Gasteiger partial charge in [-0.05, 0) is 39.0 Å². The van der Waals surface area contributed by atoms with Crippen LogP contribution in [-0.4, -0.2) is 29.3 Å². The largest absolute Gasteiger partial charge is 0.480 e. The van der Waals surface area contributed by atoms with Crippen molar-refractivity contribution >= 4 is 17.6 Å². The van der Waals surface area contributed by atoms with Crippen LogP contribution in [0, 0.1) is 0 Å². The normalized spacial score (nSPS) is 10.9. The molecule has 0 unspecified atom stereocenters. The van der Waals surface area contributed by atoms with E-state index in [1.54, 1.807) is 20.8 Å². The Morgan fingerprint density at radius 3 is 2.42 bits per heavy atom. The van der Waals surface area contributed by atoms with E-state index in [4.69, 9.17) is 20.3 Å². The minimum Gasteiger partial charge on any atom is -0.480 e. The lowest BCUT2D eigenvalue weighted by atomic mass is 10.1. The fourth-order valence-electron chi connectivity index (χ4n) is 1.28. The highest BCUT2D eigenvalue weighted by molar-refractivity contribution is 5.91. The fraction of sp³-hybridized carbons (Fsp3) is 0.385. The van der Waals surface area contributed by atoms with Crippen molar-refractivity contribution in [3.8, 4) is 5.75 Å². The molecule has 0 heterocycles. The summed E-state index contributed by atoms with van der Waals surface area (Å²) in [6, 6.07) is 4.31. The van der Waals surface area contributed by atoms with Crippen molar-refractivity contribution in [2.45, 2.75) is 26.4 Å². The first-order valence-corrected chi connectivity index (χ1v) is 5.66. The van der Waals surface area contributed by atoms with Crippen LogP contribution in [0.4, 0.5) is 5.69 Å². The van der Waals surface area contributed by atoms with Gasteiger partial charge in [0.05, 0.1) is 11.3 Å². The molecule has 0 saturated heterocycles. The number of carboxylic acids is 1. The summed E-state index contributed by atoms with van der Waals surface area (Å²) in [5.74, 6) is -1.38. The maximum atomic E-state index is 11.8. The summed E-state index contributed by atoms with van der Waals surface area (Å²) >= 11 is 0. The number of benzene rings is 1. The van der Waals surface area contributed by atoms with Crippen molar-refractivity contribution in [1.29, 1.82) is 0 Å². The topological polar surface area (TPSA) is 98.8 Å². The van der Waals surface area contributed by atoms with E-state index in [0.29, 0.717) is 0 Å². The zero-order valence-electron chi connectivity index (χ0n) is 11.1. The van der Waals surface area contributed by atoms with Gasteiger partial charge in [-0.25, -0.2) is 9.59 Å². The SMILES string of the molecule is CC(C)(C)OC(=O)c1ccc(OCC(=O)O)c(N)c1. The molecule has 104 valence electrons. The Bertz CT molecular complexity index is 490. The Hall–Kier alpha value is -2.24.